The number of anilines is 1. The van der Waals surface area contributed by atoms with Gasteiger partial charge < -0.3 is 15.4 Å². The Morgan fingerprint density at radius 3 is 2.64 bits per heavy atom. The van der Waals surface area contributed by atoms with Crippen LogP contribution in [0.3, 0.4) is 0 Å². The summed E-state index contributed by atoms with van der Waals surface area (Å²) in [5, 5.41) is 6.26. The van der Waals surface area contributed by atoms with Gasteiger partial charge in [0.05, 0.1) is 18.4 Å². The first kappa shape index (κ1) is 19.4. The molecule has 3 aromatic rings. The quantitative estimate of drug-likeness (QED) is 0.625. The molecule has 28 heavy (non-hydrogen) atoms. The summed E-state index contributed by atoms with van der Waals surface area (Å²) in [6.45, 7) is 3.28. The number of amides is 1. The third-order valence-electron chi connectivity index (χ3n) is 4.49. The molecule has 0 aliphatic rings. The Morgan fingerprint density at radius 2 is 1.86 bits per heavy atom. The van der Waals surface area contributed by atoms with E-state index < -0.39 is 0 Å². The molecule has 1 amide bonds. The number of aromatic nitrogens is 1. The number of hydrogen-bond donors (Lipinski definition) is 2. The molecular formula is C23H25N3O2. The van der Waals surface area contributed by atoms with Crippen LogP contribution >= 0.6 is 0 Å². The van der Waals surface area contributed by atoms with Gasteiger partial charge in [-0.05, 0) is 36.6 Å². The third kappa shape index (κ3) is 5.33. The van der Waals surface area contributed by atoms with Gasteiger partial charge in [0.2, 0.25) is 0 Å². The van der Waals surface area contributed by atoms with Gasteiger partial charge in [0.1, 0.15) is 5.75 Å². The predicted octanol–water partition coefficient (Wildman–Crippen LogP) is 3.98. The summed E-state index contributed by atoms with van der Waals surface area (Å²) in [6.07, 6.45) is 4.00. The SMILES string of the molecule is COc1ccccc1CCNC(=O)c1cncc(NCc2ccc(C)cc2)c1. The fraction of sp³-hybridized carbons (Fsp3) is 0.217. The summed E-state index contributed by atoms with van der Waals surface area (Å²) >= 11 is 0. The molecule has 5 nitrogen and oxygen atoms in total. The van der Waals surface area contributed by atoms with E-state index in [0.717, 1.165) is 17.0 Å². The smallest absolute Gasteiger partial charge is 0.252 e. The number of hydrogen-bond acceptors (Lipinski definition) is 4. The van der Waals surface area contributed by atoms with E-state index in [-0.39, 0.29) is 5.91 Å². The van der Waals surface area contributed by atoms with E-state index in [2.05, 4.69) is 46.8 Å². The highest BCUT2D eigenvalue weighted by Crippen LogP contribution is 2.17. The van der Waals surface area contributed by atoms with Gasteiger partial charge >= 0.3 is 0 Å². The van der Waals surface area contributed by atoms with Crippen LogP contribution in [0, 0.1) is 6.92 Å². The maximum atomic E-state index is 12.4. The van der Waals surface area contributed by atoms with Crippen LogP contribution in [-0.2, 0) is 13.0 Å². The average Bonchev–Trinajstić information content (AvgIpc) is 2.74. The standard InChI is InChI=1S/C23H25N3O2/c1-17-7-9-18(10-8-17)14-26-21-13-20(15-24-16-21)23(27)25-12-11-19-5-3-4-6-22(19)28-2/h3-10,13,15-16,26H,11-12,14H2,1-2H3,(H,25,27). The van der Waals surface area contributed by atoms with Crippen molar-refractivity contribution in [2.75, 3.05) is 19.0 Å². The molecular weight excluding hydrogens is 350 g/mol. The van der Waals surface area contributed by atoms with Crippen molar-refractivity contribution in [3.63, 3.8) is 0 Å². The summed E-state index contributed by atoms with van der Waals surface area (Å²) in [4.78, 5) is 16.6. The lowest BCUT2D eigenvalue weighted by Crippen LogP contribution is -2.26. The largest absolute Gasteiger partial charge is 0.496 e. The summed E-state index contributed by atoms with van der Waals surface area (Å²) in [5.74, 6) is 0.696. The molecule has 1 heterocycles. The maximum Gasteiger partial charge on any atom is 0.252 e. The van der Waals surface area contributed by atoms with Crippen molar-refractivity contribution in [2.45, 2.75) is 19.9 Å². The van der Waals surface area contributed by atoms with Crippen LogP contribution in [0.4, 0.5) is 5.69 Å². The minimum Gasteiger partial charge on any atom is -0.496 e. The highest BCUT2D eigenvalue weighted by Gasteiger charge is 2.08. The Kier molecular flexibility index (Phi) is 6.63. The molecule has 2 aromatic carbocycles. The van der Waals surface area contributed by atoms with Gasteiger partial charge in [-0.15, -0.1) is 0 Å². The predicted molar refractivity (Wildman–Crippen MR) is 112 cm³/mol. The molecule has 0 aliphatic heterocycles. The monoisotopic (exact) mass is 375 g/mol. The number of carbonyl (C=O) groups is 1. The van der Waals surface area contributed by atoms with Crippen LogP contribution in [0.1, 0.15) is 27.0 Å². The van der Waals surface area contributed by atoms with Crippen molar-refractivity contribution < 1.29 is 9.53 Å². The molecule has 2 N–H and O–H groups in total. The van der Waals surface area contributed by atoms with E-state index >= 15 is 0 Å². The van der Waals surface area contributed by atoms with Crippen molar-refractivity contribution in [3.8, 4) is 5.75 Å². The lowest BCUT2D eigenvalue weighted by molar-refractivity contribution is 0.0953. The Bertz CT molecular complexity index is 923. The van der Waals surface area contributed by atoms with Gasteiger partial charge in [0.25, 0.3) is 5.91 Å². The molecule has 0 aliphatic carbocycles. The molecule has 0 saturated carbocycles. The van der Waals surface area contributed by atoms with E-state index in [1.807, 2.05) is 30.3 Å². The molecule has 0 spiro atoms. The van der Waals surface area contributed by atoms with Gasteiger partial charge in [-0.3, -0.25) is 9.78 Å². The zero-order chi connectivity index (χ0) is 19.8. The number of carbonyl (C=O) groups excluding carboxylic acids is 1. The van der Waals surface area contributed by atoms with E-state index in [9.17, 15) is 4.79 Å². The lowest BCUT2D eigenvalue weighted by Gasteiger charge is -2.10. The lowest BCUT2D eigenvalue weighted by atomic mass is 10.1. The number of nitrogens with one attached hydrogen (secondary N) is 2. The van der Waals surface area contributed by atoms with Crippen LogP contribution in [-0.4, -0.2) is 24.5 Å². The average molecular weight is 375 g/mol. The Morgan fingerprint density at radius 1 is 1.07 bits per heavy atom. The molecule has 0 bridgehead atoms. The van der Waals surface area contributed by atoms with Crippen molar-refractivity contribution in [1.82, 2.24) is 10.3 Å². The summed E-state index contributed by atoms with van der Waals surface area (Å²) in [7, 11) is 1.65. The van der Waals surface area contributed by atoms with Crippen LogP contribution in [0.5, 0.6) is 5.75 Å². The Balaban J connectivity index is 1.54. The summed E-state index contributed by atoms with van der Waals surface area (Å²) in [6, 6.07) is 18.0. The number of benzene rings is 2. The number of methoxy groups -OCH3 is 1. The minimum absolute atomic E-state index is 0.138. The van der Waals surface area contributed by atoms with Crippen molar-refractivity contribution in [1.29, 1.82) is 0 Å². The fourth-order valence-corrected chi connectivity index (χ4v) is 2.89. The molecule has 1 aromatic heterocycles. The number of ether oxygens (including phenoxy) is 1. The van der Waals surface area contributed by atoms with Crippen LogP contribution in [0.15, 0.2) is 67.0 Å². The molecule has 0 fully saturated rings. The number of nitrogens with zero attached hydrogens (tertiary/aromatic N) is 1. The number of para-hydroxylation sites is 1. The number of aryl methyl sites for hydroxylation is 1. The molecule has 0 saturated heterocycles. The third-order valence-corrected chi connectivity index (χ3v) is 4.49. The van der Waals surface area contributed by atoms with Crippen LogP contribution < -0.4 is 15.4 Å². The van der Waals surface area contributed by atoms with Crippen molar-refractivity contribution in [2.24, 2.45) is 0 Å². The number of pyridine rings is 1. The highest BCUT2D eigenvalue weighted by molar-refractivity contribution is 5.94. The van der Waals surface area contributed by atoms with Gasteiger partial charge in [0.15, 0.2) is 0 Å². The van der Waals surface area contributed by atoms with E-state index in [1.165, 1.54) is 11.1 Å². The molecule has 0 radical (unpaired) electrons. The fourth-order valence-electron chi connectivity index (χ4n) is 2.89. The van der Waals surface area contributed by atoms with Crippen LogP contribution in [0.25, 0.3) is 0 Å². The molecule has 0 atom stereocenters. The second-order valence-corrected chi connectivity index (χ2v) is 6.62. The van der Waals surface area contributed by atoms with E-state index in [4.69, 9.17) is 4.74 Å². The summed E-state index contributed by atoms with van der Waals surface area (Å²) < 4.78 is 5.34. The Labute approximate surface area is 165 Å². The van der Waals surface area contributed by atoms with Crippen molar-refractivity contribution in [3.05, 3.63) is 89.2 Å². The first-order chi connectivity index (χ1) is 13.7. The van der Waals surface area contributed by atoms with Gasteiger partial charge in [-0.1, -0.05) is 48.0 Å². The molecule has 3 rings (SSSR count). The topological polar surface area (TPSA) is 63.2 Å². The molecule has 5 heteroatoms. The molecule has 144 valence electrons. The highest BCUT2D eigenvalue weighted by atomic mass is 16.5. The van der Waals surface area contributed by atoms with E-state index in [0.29, 0.717) is 25.1 Å². The zero-order valence-electron chi connectivity index (χ0n) is 16.2. The normalized spacial score (nSPS) is 10.4. The maximum absolute atomic E-state index is 12.4. The van der Waals surface area contributed by atoms with E-state index in [1.54, 1.807) is 19.5 Å². The number of rotatable bonds is 8. The Hall–Kier alpha value is -3.34. The van der Waals surface area contributed by atoms with Crippen molar-refractivity contribution >= 4 is 11.6 Å². The molecule has 0 unspecified atom stereocenters. The summed E-state index contributed by atoms with van der Waals surface area (Å²) in [5.41, 5.74) is 4.83. The van der Waals surface area contributed by atoms with Gasteiger partial charge in [-0.25, -0.2) is 0 Å². The van der Waals surface area contributed by atoms with Crippen LogP contribution in [0.2, 0.25) is 0 Å². The van der Waals surface area contributed by atoms with Gasteiger partial charge in [0, 0.05) is 25.5 Å². The first-order valence-corrected chi connectivity index (χ1v) is 9.30. The second-order valence-electron chi connectivity index (χ2n) is 6.62. The first-order valence-electron chi connectivity index (χ1n) is 9.30. The van der Waals surface area contributed by atoms with Gasteiger partial charge in [-0.2, -0.15) is 0 Å². The minimum atomic E-state index is -0.138. The second kappa shape index (κ2) is 9.55. The zero-order valence-corrected chi connectivity index (χ0v) is 16.2.